The third-order valence-corrected chi connectivity index (χ3v) is 2.10. The van der Waals surface area contributed by atoms with Crippen LogP contribution in [0, 0.1) is 0 Å². The summed E-state index contributed by atoms with van der Waals surface area (Å²) in [6, 6.07) is -0.548. The molecule has 5 heteroatoms. The first-order valence-corrected chi connectivity index (χ1v) is 4.46. The van der Waals surface area contributed by atoms with Crippen molar-refractivity contribution in [2.45, 2.75) is 31.8 Å². The molecule has 0 aromatic carbocycles. The smallest absolute Gasteiger partial charge is 0.237 e. The van der Waals surface area contributed by atoms with Crippen molar-refractivity contribution in [2.24, 2.45) is 5.73 Å². The predicted molar refractivity (Wildman–Crippen MR) is 47.8 cm³/mol. The summed E-state index contributed by atoms with van der Waals surface area (Å²) in [6.45, 7) is 2.36. The van der Waals surface area contributed by atoms with Crippen molar-refractivity contribution in [1.29, 1.82) is 0 Å². The van der Waals surface area contributed by atoms with E-state index < -0.39 is 6.04 Å². The molecule has 1 aliphatic rings. The van der Waals surface area contributed by atoms with Crippen molar-refractivity contribution in [3.05, 3.63) is 0 Å². The maximum Gasteiger partial charge on any atom is 0.237 e. The highest BCUT2D eigenvalue weighted by Gasteiger charge is 2.24. The van der Waals surface area contributed by atoms with Gasteiger partial charge in [0.05, 0.1) is 12.1 Å². The van der Waals surface area contributed by atoms with Crippen LogP contribution in [0.25, 0.3) is 0 Å². The number of rotatable bonds is 3. The van der Waals surface area contributed by atoms with Crippen LogP contribution in [0.5, 0.6) is 0 Å². The zero-order valence-electron chi connectivity index (χ0n) is 7.67. The zero-order chi connectivity index (χ0) is 9.84. The van der Waals surface area contributed by atoms with Crippen LogP contribution in [-0.4, -0.2) is 30.4 Å². The second kappa shape index (κ2) is 4.23. The van der Waals surface area contributed by atoms with E-state index in [4.69, 9.17) is 5.73 Å². The molecule has 13 heavy (non-hydrogen) atoms. The second-order valence-corrected chi connectivity index (χ2v) is 3.23. The van der Waals surface area contributed by atoms with Gasteiger partial charge in [-0.3, -0.25) is 9.59 Å². The highest BCUT2D eigenvalue weighted by Crippen LogP contribution is 1.99. The average molecular weight is 185 g/mol. The molecule has 0 radical (unpaired) electrons. The van der Waals surface area contributed by atoms with Gasteiger partial charge in [0.2, 0.25) is 11.8 Å². The first kappa shape index (κ1) is 9.98. The minimum atomic E-state index is -0.462. The Morgan fingerprint density at radius 3 is 3.00 bits per heavy atom. The van der Waals surface area contributed by atoms with Crippen LogP contribution in [0.15, 0.2) is 0 Å². The molecule has 74 valence electrons. The van der Waals surface area contributed by atoms with Gasteiger partial charge in [-0.25, -0.2) is 0 Å². The summed E-state index contributed by atoms with van der Waals surface area (Å²) < 4.78 is 0. The molecule has 1 fully saturated rings. The molecule has 2 atom stereocenters. The van der Waals surface area contributed by atoms with Gasteiger partial charge < -0.3 is 16.4 Å². The Balaban J connectivity index is 2.32. The van der Waals surface area contributed by atoms with Crippen molar-refractivity contribution >= 4 is 11.8 Å². The van der Waals surface area contributed by atoms with E-state index in [1.165, 1.54) is 0 Å². The van der Waals surface area contributed by atoms with Gasteiger partial charge in [0, 0.05) is 13.0 Å². The van der Waals surface area contributed by atoms with Gasteiger partial charge in [-0.05, 0) is 6.42 Å². The molecule has 0 aromatic rings. The number of nitrogens with one attached hydrogen (secondary N) is 2. The number of carbonyl (C=O) groups excluding carboxylic acids is 2. The summed E-state index contributed by atoms with van der Waals surface area (Å²) in [6.07, 6.45) is 0.974. The van der Waals surface area contributed by atoms with Gasteiger partial charge in [0.15, 0.2) is 0 Å². The molecule has 1 aliphatic heterocycles. The molecule has 0 spiro atoms. The number of hydrogen-bond donors (Lipinski definition) is 3. The highest BCUT2D eigenvalue weighted by molar-refractivity contribution is 5.84. The first-order chi connectivity index (χ1) is 6.13. The van der Waals surface area contributed by atoms with E-state index in [9.17, 15) is 9.59 Å². The van der Waals surface area contributed by atoms with Crippen molar-refractivity contribution in [2.75, 3.05) is 6.54 Å². The van der Waals surface area contributed by atoms with E-state index in [1.807, 2.05) is 6.92 Å². The van der Waals surface area contributed by atoms with Crippen LogP contribution in [0.2, 0.25) is 0 Å². The fourth-order valence-electron chi connectivity index (χ4n) is 1.20. The van der Waals surface area contributed by atoms with Crippen molar-refractivity contribution < 1.29 is 9.59 Å². The monoisotopic (exact) mass is 185 g/mol. The fraction of sp³-hybridized carbons (Fsp3) is 0.750. The minimum Gasteiger partial charge on any atom is -0.354 e. The molecule has 5 nitrogen and oxygen atoms in total. The number of amides is 2. The Labute approximate surface area is 77.1 Å². The van der Waals surface area contributed by atoms with Crippen molar-refractivity contribution in [3.63, 3.8) is 0 Å². The van der Waals surface area contributed by atoms with Gasteiger partial charge in [0.25, 0.3) is 0 Å². The molecule has 2 amide bonds. The minimum absolute atomic E-state index is 0.0182. The molecular formula is C8H15N3O2. The summed E-state index contributed by atoms with van der Waals surface area (Å²) >= 11 is 0. The Bertz CT molecular complexity index is 217. The highest BCUT2D eigenvalue weighted by atomic mass is 16.2. The van der Waals surface area contributed by atoms with Gasteiger partial charge in [-0.1, -0.05) is 6.92 Å². The summed E-state index contributed by atoms with van der Waals surface area (Å²) in [7, 11) is 0. The molecule has 1 saturated heterocycles. The Morgan fingerprint density at radius 2 is 2.54 bits per heavy atom. The standard InChI is InChI=1S/C8H15N3O2/c1-2-6(9)8(13)11-5-3-7(12)10-4-5/h5-6H,2-4,9H2,1H3,(H,10,12)(H,11,13). The lowest BCUT2D eigenvalue weighted by molar-refractivity contribution is -0.123. The molecule has 0 saturated carbocycles. The maximum atomic E-state index is 11.3. The topological polar surface area (TPSA) is 84.2 Å². The predicted octanol–water partition coefficient (Wildman–Crippen LogP) is -1.27. The Kier molecular flexibility index (Phi) is 3.25. The molecule has 0 aromatic heterocycles. The lowest BCUT2D eigenvalue weighted by Crippen LogP contribution is -2.45. The van der Waals surface area contributed by atoms with Gasteiger partial charge in [0.1, 0.15) is 0 Å². The summed E-state index contributed by atoms with van der Waals surface area (Å²) in [5.41, 5.74) is 5.51. The fourth-order valence-corrected chi connectivity index (χ4v) is 1.20. The zero-order valence-corrected chi connectivity index (χ0v) is 7.67. The van der Waals surface area contributed by atoms with E-state index in [0.29, 0.717) is 19.4 Å². The SMILES string of the molecule is CCC(N)C(=O)NC1CNC(=O)C1. The summed E-state index contributed by atoms with van der Waals surface area (Å²) in [5.74, 6) is -0.195. The molecule has 1 rings (SSSR count). The largest absolute Gasteiger partial charge is 0.354 e. The Morgan fingerprint density at radius 1 is 1.85 bits per heavy atom. The summed E-state index contributed by atoms with van der Waals surface area (Å²) in [5, 5.41) is 5.35. The normalized spacial score (nSPS) is 23.8. The number of nitrogens with two attached hydrogens (primary N) is 1. The van der Waals surface area contributed by atoms with Gasteiger partial charge in [-0.2, -0.15) is 0 Å². The lowest BCUT2D eigenvalue weighted by Gasteiger charge is -2.13. The Hall–Kier alpha value is -1.10. The second-order valence-electron chi connectivity index (χ2n) is 3.23. The van der Waals surface area contributed by atoms with Crippen LogP contribution >= 0.6 is 0 Å². The molecule has 0 bridgehead atoms. The van der Waals surface area contributed by atoms with Crippen LogP contribution < -0.4 is 16.4 Å². The van der Waals surface area contributed by atoms with Crippen LogP contribution in [0.3, 0.4) is 0 Å². The van der Waals surface area contributed by atoms with E-state index in [-0.39, 0.29) is 17.9 Å². The molecular weight excluding hydrogens is 170 g/mol. The van der Waals surface area contributed by atoms with Crippen LogP contribution in [0.4, 0.5) is 0 Å². The van der Waals surface area contributed by atoms with Crippen LogP contribution in [-0.2, 0) is 9.59 Å². The lowest BCUT2D eigenvalue weighted by atomic mass is 10.2. The van der Waals surface area contributed by atoms with Crippen molar-refractivity contribution in [1.82, 2.24) is 10.6 Å². The van der Waals surface area contributed by atoms with E-state index >= 15 is 0 Å². The quantitative estimate of drug-likeness (QED) is 0.512. The van der Waals surface area contributed by atoms with Crippen LogP contribution in [0.1, 0.15) is 19.8 Å². The average Bonchev–Trinajstić information content (AvgIpc) is 2.49. The van der Waals surface area contributed by atoms with E-state index in [0.717, 1.165) is 0 Å². The molecule has 4 N–H and O–H groups in total. The third-order valence-electron chi connectivity index (χ3n) is 2.10. The van der Waals surface area contributed by atoms with Crippen molar-refractivity contribution in [3.8, 4) is 0 Å². The number of carbonyl (C=O) groups is 2. The molecule has 0 aliphatic carbocycles. The van der Waals surface area contributed by atoms with Gasteiger partial charge in [-0.15, -0.1) is 0 Å². The first-order valence-electron chi connectivity index (χ1n) is 4.46. The van der Waals surface area contributed by atoms with Gasteiger partial charge >= 0.3 is 0 Å². The van der Waals surface area contributed by atoms with E-state index in [1.54, 1.807) is 0 Å². The van der Waals surface area contributed by atoms with E-state index in [2.05, 4.69) is 10.6 Å². The molecule has 2 unspecified atom stereocenters. The number of hydrogen-bond acceptors (Lipinski definition) is 3. The summed E-state index contributed by atoms with van der Waals surface area (Å²) in [4.78, 5) is 22.0. The maximum absolute atomic E-state index is 11.3. The third kappa shape index (κ3) is 2.69. The molecule has 1 heterocycles.